The topological polar surface area (TPSA) is 55.9 Å². The number of urea groups is 1. The molecular formula is C25H34F2N4O2. The third-order valence-electron chi connectivity index (χ3n) is 8.31. The summed E-state index contributed by atoms with van der Waals surface area (Å²) in [7, 11) is 0. The molecule has 0 aromatic heterocycles. The number of amides is 3. The minimum absolute atomic E-state index is 0.199. The standard InChI is InChI=1S/C25H34F2N4O2/c1-16(2)31-24(33)30(15-22(26)27)23(32)25(31)10-19-8-9-20(11-25)29(19)14-18-12-28-13-21(18)17-6-4-3-5-7-17/h3-7,16,18-22,28H,8-15H2,1-2H3/t18-,19?,20?,21-,25?/m1/s1. The Labute approximate surface area is 194 Å². The summed E-state index contributed by atoms with van der Waals surface area (Å²) in [6.45, 7) is 5.84. The quantitative estimate of drug-likeness (QED) is 0.662. The number of nitrogens with zero attached hydrogens (tertiary/aromatic N) is 3. The van der Waals surface area contributed by atoms with Crippen LogP contribution in [0.4, 0.5) is 13.6 Å². The number of carbonyl (C=O) groups excluding carboxylic acids is 2. The van der Waals surface area contributed by atoms with Crippen LogP contribution in [0.25, 0.3) is 0 Å². The fraction of sp³-hybridized carbons (Fsp3) is 0.680. The molecule has 2 bridgehead atoms. The lowest BCUT2D eigenvalue weighted by Crippen LogP contribution is -2.62. The van der Waals surface area contributed by atoms with Crippen molar-refractivity contribution in [3.63, 3.8) is 0 Å². The molecule has 0 saturated carbocycles. The second-order valence-electron chi connectivity index (χ2n) is 10.5. The number of carbonyl (C=O) groups is 2. The first-order chi connectivity index (χ1) is 15.8. The summed E-state index contributed by atoms with van der Waals surface area (Å²) in [6.07, 6.45) is 0.351. The Morgan fingerprint density at radius 3 is 2.33 bits per heavy atom. The van der Waals surface area contributed by atoms with Gasteiger partial charge in [-0.15, -0.1) is 0 Å². The lowest BCUT2D eigenvalue weighted by Gasteiger charge is -2.48. The predicted molar refractivity (Wildman–Crippen MR) is 121 cm³/mol. The van der Waals surface area contributed by atoms with Gasteiger partial charge in [0.05, 0.1) is 6.54 Å². The molecule has 180 valence electrons. The zero-order chi connectivity index (χ0) is 23.3. The van der Waals surface area contributed by atoms with Gasteiger partial charge in [0.25, 0.3) is 12.3 Å². The van der Waals surface area contributed by atoms with E-state index in [9.17, 15) is 18.4 Å². The van der Waals surface area contributed by atoms with Crippen LogP contribution >= 0.6 is 0 Å². The molecular weight excluding hydrogens is 426 g/mol. The number of benzene rings is 1. The van der Waals surface area contributed by atoms with Gasteiger partial charge >= 0.3 is 6.03 Å². The van der Waals surface area contributed by atoms with E-state index in [-0.39, 0.29) is 18.1 Å². The molecule has 0 radical (unpaired) electrons. The molecule has 33 heavy (non-hydrogen) atoms. The van der Waals surface area contributed by atoms with E-state index in [1.807, 2.05) is 19.9 Å². The van der Waals surface area contributed by atoms with E-state index in [1.165, 1.54) is 5.56 Å². The van der Waals surface area contributed by atoms with Crippen LogP contribution < -0.4 is 5.32 Å². The molecule has 4 atom stereocenters. The Bertz CT molecular complexity index is 882. The van der Waals surface area contributed by atoms with Crippen molar-refractivity contribution < 1.29 is 18.4 Å². The molecule has 4 saturated heterocycles. The Morgan fingerprint density at radius 1 is 1.06 bits per heavy atom. The van der Waals surface area contributed by atoms with Crippen LogP contribution in [0.2, 0.25) is 0 Å². The molecule has 6 nitrogen and oxygen atoms in total. The van der Waals surface area contributed by atoms with Crippen molar-refractivity contribution >= 4 is 11.9 Å². The summed E-state index contributed by atoms with van der Waals surface area (Å²) >= 11 is 0. The maximum Gasteiger partial charge on any atom is 0.328 e. The number of alkyl halides is 2. The summed E-state index contributed by atoms with van der Waals surface area (Å²) < 4.78 is 26.3. The lowest BCUT2D eigenvalue weighted by molar-refractivity contribution is -0.139. The molecule has 2 unspecified atom stereocenters. The highest BCUT2D eigenvalue weighted by Crippen LogP contribution is 2.49. The SMILES string of the molecule is CC(C)N1C(=O)N(CC(F)F)C(=O)C12CC1CCC(C2)N1C[C@H]1CNC[C@@H]1c1ccccc1. The Hall–Kier alpha value is -2.06. The van der Waals surface area contributed by atoms with Crippen molar-refractivity contribution in [3.05, 3.63) is 35.9 Å². The van der Waals surface area contributed by atoms with Gasteiger partial charge in [-0.3, -0.25) is 14.6 Å². The highest BCUT2D eigenvalue weighted by Gasteiger charge is 2.63. The zero-order valence-electron chi connectivity index (χ0n) is 19.4. The van der Waals surface area contributed by atoms with Gasteiger partial charge in [0.2, 0.25) is 0 Å². The van der Waals surface area contributed by atoms with E-state index in [2.05, 4.69) is 34.5 Å². The summed E-state index contributed by atoms with van der Waals surface area (Å²) in [6, 6.07) is 10.3. The van der Waals surface area contributed by atoms with Gasteiger partial charge in [-0.25, -0.2) is 13.6 Å². The maximum absolute atomic E-state index is 13.5. The van der Waals surface area contributed by atoms with Crippen LogP contribution in [0.5, 0.6) is 0 Å². The van der Waals surface area contributed by atoms with Crippen molar-refractivity contribution in [2.75, 3.05) is 26.2 Å². The number of rotatable bonds is 6. The van der Waals surface area contributed by atoms with Gasteiger partial charge in [0.1, 0.15) is 5.54 Å². The summed E-state index contributed by atoms with van der Waals surface area (Å²) in [5, 5.41) is 3.56. The van der Waals surface area contributed by atoms with E-state index in [0.29, 0.717) is 24.7 Å². The molecule has 5 rings (SSSR count). The average Bonchev–Trinajstić information content (AvgIpc) is 3.39. The molecule has 4 aliphatic rings. The van der Waals surface area contributed by atoms with Gasteiger partial charge < -0.3 is 10.2 Å². The summed E-state index contributed by atoms with van der Waals surface area (Å²) in [5.41, 5.74) is 0.383. The van der Waals surface area contributed by atoms with Crippen LogP contribution in [-0.4, -0.2) is 82.9 Å². The first kappa shape index (κ1) is 22.7. The summed E-state index contributed by atoms with van der Waals surface area (Å²) in [4.78, 5) is 31.5. The Kier molecular flexibility index (Phi) is 5.93. The van der Waals surface area contributed by atoms with E-state index < -0.39 is 30.4 Å². The first-order valence-electron chi connectivity index (χ1n) is 12.3. The largest absolute Gasteiger partial charge is 0.328 e. The van der Waals surface area contributed by atoms with E-state index >= 15 is 0 Å². The van der Waals surface area contributed by atoms with Crippen LogP contribution in [0.15, 0.2) is 30.3 Å². The van der Waals surface area contributed by atoms with Crippen molar-refractivity contribution in [3.8, 4) is 0 Å². The van der Waals surface area contributed by atoms with Gasteiger partial charge in [-0.05, 0) is 57.6 Å². The minimum atomic E-state index is -2.72. The molecule has 0 aliphatic carbocycles. The van der Waals surface area contributed by atoms with E-state index in [0.717, 1.165) is 37.4 Å². The van der Waals surface area contributed by atoms with Crippen molar-refractivity contribution in [1.82, 2.24) is 20.0 Å². The molecule has 4 aliphatic heterocycles. The Morgan fingerprint density at radius 2 is 1.73 bits per heavy atom. The Balaban J connectivity index is 1.36. The van der Waals surface area contributed by atoms with Gasteiger partial charge in [0, 0.05) is 37.1 Å². The highest BCUT2D eigenvalue weighted by atomic mass is 19.3. The second-order valence-corrected chi connectivity index (χ2v) is 10.5. The number of imide groups is 1. The summed E-state index contributed by atoms with van der Waals surface area (Å²) in [5.74, 6) is 0.537. The number of hydrogen-bond acceptors (Lipinski definition) is 4. The number of nitrogens with one attached hydrogen (secondary N) is 1. The van der Waals surface area contributed by atoms with Crippen LogP contribution in [0, 0.1) is 5.92 Å². The molecule has 1 aromatic carbocycles. The first-order valence-corrected chi connectivity index (χ1v) is 12.3. The number of piperidine rings is 1. The minimum Gasteiger partial charge on any atom is -0.316 e. The van der Waals surface area contributed by atoms with E-state index in [4.69, 9.17) is 0 Å². The van der Waals surface area contributed by atoms with Crippen molar-refractivity contribution in [2.24, 2.45) is 5.92 Å². The van der Waals surface area contributed by atoms with E-state index in [1.54, 1.807) is 4.90 Å². The normalized spacial score (nSPS) is 34.6. The smallest absolute Gasteiger partial charge is 0.316 e. The molecule has 4 fully saturated rings. The number of fused-ring (bicyclic) bond motifs is 2. The van der Waals surface area contributed by atoms with Crippen molar-refractivity contribution in [2.45, 2.75) is 75.5 Å². The molecule has 4 heterocycles. The number of hydrogen-bond donors (Lipinski definition) is 1. The van der Waals surface area contributed by atoms with Gasteiger partial charge in [-0.2, -0.15) is 0 Å². The molecule has 1 aromatic rings. The molecule has 1 N–H and O–H groups in total. The van der Waals surface area contributed by atoms with Gasteiger partial charge in [-0.1, -0.05) is 30.3 Å². The van der Waals surface area contributed by atoms with Crippen LogP contribution in [0.3, 0.4) is 0 Å². The lowest BCUT2D eigenvalue weighted by atomic mass is 9.79. The highest BCUT2D eigenvalue weighted by molar-refractivity contribution is 6.07. The number of halogens is 2. The molecule has 3 amide bonds. The second kappa shape index (κ2) is 8.62. The fourth-order valence-electron chi connectivity index (χ4n) is 7.04. The van der Waals surface area contributed by atoms with Gasteiger partial charge in [0.15, 0.2) is 0 Å². The monoisotopic (exact) mass is 460 g/mol. The fourth-order valence-corrected chi connectivity index (χ4v) is 7.04. The molecule has 1 spiro atoms. The van der Waals surface area contributed by atoms with Crippen molar-refractivity contribution in [1.29, 1.82) is 0 Å². The maximum atomic E-state index is 13.5. The predicted octanol–water partition coefficient (Wildman–Crippen LogP) is 3.29. The third-order valence-corrected chi connectivity index (χ3v) is 8.31. The average molecular weight is 461 g/mol. The third kappa shape index (κ3) is 3.75. The van der Waals surface area contributed by atoms with Crippen LogP contribution in [0.1, 0.15) is 51.0 Å². The van der Waals surface area contributed by atoms with Crippen LogP contribution in [-0.2, 0) is 4.79 Å². The zero-order valence-corrected chi connectivity index (χ0v) is 19.4. The molecule has 8 heteroatoms.